The summed E-state index contributed by atoms with van der Waals surface area (Å²) >= 11 is 5.90. The molecule has 3 heterocycles. The molecule has 0 saturated heterocycles. The van der Waals surface area contributed by atoms with Gasteiger partial charge < -0.3 is 14.5 Å². The molecule has 0 atom stereocenters. The number of hydrogen-bond donors (Lipinski definition) is 1. The van der Waals surface area contributed by atoms with Gasteiger partial charge in [0, 0.05) is 34.9 Å². The second-order valence-corrected chi connectivity index (χ2v) is 9.98. The van der Waals surface area contributed by atoms with Crippen LogP contribution in [-0.2, 0) is 4.79 Å². The smallest absolute Gasteiger partial charge is 0.306 e. The first kappa shape index (κ1) is 25.1. The van der Waals surface area contributed by atoms with Gasteiger partial charge in [0.1, 0.15) is 35.8 Å². The molecule has 1 N–H and O–H groups in total. The number of anilines is 1. The maximum atomic E-state index is 13.5. The maximum absolute atomic E-state index is 13.5. The van der Waals surface area contributed by atoms with Crippen LogP contribution in [0.15, 0.2) is 77.7 Å². The molecular formula is C29H25ClFN5O3. The number of ether oxygens (including phenoxy) is 1. The Morgan fingerprint density at radius 2 is 1.82 bits per heavy atom. The Hall–Kier alpha value is -4.24. The van der Waals surface area contributed by atoms with Gasteiger partial charge in [-0.05, 0) is 80.3 Å². The molecule has 6 rings (SSSR count). The van der Waals surface area contributed by atoms with Gasteiger partial charge in [0.05, 0.1) is 5.69 Å². The predicted octanol–water partition coefficient (Wildman–Crippen LogP) is 6.46. The van der Waals surface area contributed by atoms with E-state index in [0.717, 1.165) is 36.9 Å². The Morgan fingerprint density at radius 3 is 2.59 bits per heavy atom. The first-order chi connectivity index (χ1) is 19.0. The monoisotopic (exact) mass is 545 g/mol. The van der Waals surface area contributed by atoms with Gasteiger partial charge in [0.15, 0.2) is 5.78 Å². The number of hydrogen-bond acceptors (Lipinski definition) is 7. The van der Waals surface area contributed by atoms with Crippen LogP contribution in [0.3, 0.4) is 0 Å². The van der Waals surface area contributed by atoms with E-state index in [2.05, 4.69) is 15.3 Å². The number of ketones is 1. The number of carbonyl (C=O) groups is 1. The van der Waals surface area contributed by atoms with Crippen LogP contribution in [0.1, 0.15) is 25.7 Å². The van der Waals surface area contributed by atoms with Crippen LogP contribution in [-0.4, -0.2) is 37.8 Å². The first-order valence-electron chi connectivity index (χ1n) is 12.8. The largest absolute Gasteiger partial charge is 0.486 e. The van der Waals surface area contributed by atoms with Crippen molar-refractivity contribution in [1.29, 1.82) is 0 Å². The van der Waals surface area contributed by atoms with Gasteiger partial charge in [0.2, 0.25) is 5.95 Å². The highest BCUT2D eigenvalue weighted by Gasteiger charge is 2.27. The van der Waals surface area contributed by atoms with Crippen LogP contribution < -0.4 is 10.1 Å². The molecule has 0 bridgehead atoms. The molecule has 0 amide bonds. The lowest BCUT2D eigenvalue weighted by Gasteiger charge is -2.28. The molecule has 0 radical (unpaired) electrons. The van der Waals surface area contributed by atoms with Crippen LogP contribution in [0.25, 0.3) is 28.5 Å². The molecule has 1 saturated carbocycles. The third-order valence-electron chi connectivity index (χ3n) is 6.99. The predicted molar refractivity (Wildman–Crippen MR) is 145 cm³/mol. The summed E-state index contributed by atoms with van der Waals surface area (Å²) in [6.45, 7) is 0.0553. The number of rotatable bonds is 8. The van der Waals surface area contributed by atoms with Crippen LogP contribution in [0.5, 0.6) is 5.75 Å². The molecule has 1 fully saturated rings. The van der Waals surface area contributed by atoms with Crippen molar-refractivity contribution in [3.63, 3.8) is 0 Å². The van der Waals surface area contributed by atoms with Gasteiger partial charge in [-0.3, -0.25) is 9.20 Å². The molecule has 8 nitrogen and oxygen atoms in total. The second-order valence-electron chi connectivity index (χ2n) is 9.54. The maximum Gasteiger partial charge on any atom is 0.306 e. The van der Waals surface area contributed by atoms with Crippen molar-refractivity contribution < 1.29 is 18.3 Å². The number of imidazole rings is 1. The van der Waals surface area contributed by atoms with Crippen LogP contribution in [0.4, 0.5) is 10.3 Å². The van der Waals surface area contributed by atoms with Crippen molar-refractivity contribution >= 4 is 29.2 Å². The van der Waals surface area contributed by atoms with E-state index in [4.69, 9.17) is 25.7 Å². The van der Waals surface area contributed by atoms with Gasteiger partial charge in [-0.25, -0.2) is 14.4 Å². The van der Waals surface area contributed by atoms with E-state index in [0.29, 0.717) is 34.0 Å². The van der Waals surface area contributed by atoms with Gasteiger partial charge in [0.25, 0.3) is 0 Å². The number of aromatic nitrogens is 4. The summed E-state index contributed by atoms with van der Waals surface area (Å²) in [5.41, 5.74) is 2.77. The topological polar surface area (TPSA) is 94.5 Å². The van der Waals surface area contributed by atoms with Gasteiger partial charge in [-0.15, -0.1) is 0 Å². The van der Waals surface area contributed by atoms with Crippen molar-refractivity contribution in [2.75, 3.05) is 11.9 Å². The van der Waals surface area contributed by atoms with Crippen molar-refractivity contribution in [2.24, 2.45) is 5.92 Å². The first-order valence-corrected chi connectivity index (χ1v) is 13.1. The fourth-order valence-electron chi connectivity index (χ4n) is 4.95. The Morgan fingerprint density at radius 1 is 1.05 bits per heavy atom. The zero-order chi connectivity index (χ0) is 26.8. The standard InChI is InChI=1S/C29H25ClFN5O3/c30-20-5-11-23(12-6-20)39-17-25(37)18-3-9-22(10-4-18)33-28-32-14-13-24(34-28)27-26(19-1-7-21(31)8-2-19)35-29-36(27)15-16-38-29/h1-2,5-8,11-16,18,22H,3-4,9-10,17H2,(H,32,33,34). The normalized spacial score (nSPS) is 17.3. The van der Waals surface area contributed by atoms with Crippen molar-refractivity contribution in [3.8, 4) is 28.4 Å². The number of oxazole rings is 1. The quantitative estimate of drug-likeness (QED) is 0.239. The van der Waals surface area contributed by atoms with Crippen LogP contribution in [0, 0.1) is 11.7 Å². The number of fused-ring (bicyclic) bond motifs is 1. The third kappa shape index (κ3) is 5.49. The summed E-state index contributed by atoms with van der Waals surface area (Å²) in [6, 6.07) is 15.1. The number of nitrogens with zero attached hydrogens (tertiary/aromatic N) is 4. The minimum atomic E-state index is -0.317. The lowest BCUT2D eigenvalue weighted by molar-refractivity contribution is -0.125. The number of carbonyl (C=O) groups excluding carboxylic acids is 1. The molecular weight excluding hydrogens is 521 g/mol. The Bertz CT molecular complexity index is 1590. The van der Waals surface area contributed by atoms with E-state index in [1.165, 1.54) is 12.1 Å². The third-order valence-corrected chi connectivity index (χ3v) is 7.24. The van der Waals surface area contributed by atoms with Crippen molar-refractivity contribution in [2.45, 2.75) is 31.7 Å². The molecule has 3 aromatic heterocycles. The number of Topliss-reactive ketones (excluding diaryl/α,β-unsaturated/α-hetero) is 1. The molecule has 0 aliphatic heterocycles. The molecule has 1 aliphatic carbocycles. The highest BCUT2D eigenvalue weighted by Crippen LogP contribution is 2.33. The Kier molecular flexibility index (Phi) is 6.98. The minimum absolute atomic E-state index is 0.0259. The molecule has 1 aliphatic rings. The van der Waals surface area contributed by atoms with Crippen molar-refractivity contribution in [1.82, 2.24) is 19.4 Å². The van der Waals surface area contributed by atoms with Gasteiger partial charge >= 0.3 is 5.84 Å². The molecule has 0 spiro atoms. The average Bonchev–Trinajstić information content (AvgIpc) is 3.55. The number of halogens is 2. The summed E-state index contributed by atoms with van der Waals surface area (Å²) in [5.74, 6) is 1.31. The van der Waals surface area contributed by atoms with E-state index < -0.39 is 0 Å². The number of nitrogens with one attached hydrogen (secondary N) is 1. The van der Waals surface area contributed by atoms with E-state index in [1.807, 2.05) is 10.5 Å². The molecule has 198 valence electrons. The zero-order valence-electron chi connectivity index (χ0n) is 20.9. The lowest BCUT2D eigenvalue weighted by Crippen LogP contribution is -2.32. The summed E-state index contributed by atoms with van der Waals surface area (Å²) < 4.78 is 26.5. The van der Waals surface area contributed by atoms with E-state index >= 15 is 0 Å². The molecule has 2 aromatic carbocycles. The van der Waals surface area contributed by atoms with Crippen LogP contribution >= 0.6 is 11.6 Å². The SMILES string of the molecule is O=C(COc1ccc(Cl)cc1)C1CCC(Nc2nccc(-c3c(-c4ccc(F)cc4)nc4occn34)n2)CC1. The Balaban J connectivity index is 1.12. The molecule has 10 heteroatoms. The summed E-state index contributed by atoms with van der Waals surface area (Å²) in [4.78, 5) is 26.5. The highest BCUT2D eigenvalue weighted by atomic mass is 35.5. The van der Waals surface area contributed by atoms with Crippen molar-refractivity contribution in [3.05, 3.63) is 84.1 Å². The van der Waals surface area contributed by atoms with E-state index in [-0.39, 0.29) is 30.2 Å². The second kappa shape index (κ2) is 10.9. The fourth-order valence-corrected chi connectivity index (χ4v) is 5.07. The summed E-state index contributed by atoms with van der Waals surface area (Å²) in [7, 11) is 0. The van der Waals surface area contributed by atoms with Gasteiger partial charge in [-0.2, -0.15) is 4.98 Å². The lowest BCUT2D eigenvalue weighted by atomic mass is 9.83. The summed E-state index contributed by atoms with van der Waals surface area (Å²) in [6.07, 6.45) is 8.21. The molecule has 0 unspecified atom stereocenters. The van der Waals surface area contributed by atoms with Crippen LogP contribution in [0.2, 0.25) is 5.02 Å². The van der Waals surface area contributed by atoms with E-state index in [9.17, 15) is 9.18 Å². The summed E-state index contributed by atoms with van der Waals surface area (Å²) in [5, 5.41) is 4.06. The Labute approximate surface area is 228 Å². The molecule has 39 heavy (non-hydrogen) atoms. The molecule has 5 aromatic rings. The average molecular weight is 546 g/mol. The number of benzene rings is 2. The zero-order valence-corrected chi connectivity index (χ0v) is 21.6. The van der Waals surface area contributed by atoms with Gasteiger partial charge in [-0.1, -0.05) is 11.6 Å². The van der Waals surface area contributed by atoms with E-state index in [1.54, 1.807) is 55.1 Å². The minimum Gasteiger partial charge on any atom is -0.486 e. The fraction of sp³-hybridized carbons (Fsp3) is 0.241. The highest BCUT2D eigenvalue weighted by molar-refractivity contribution is 6.30.